The van der Waals surface area contributed by atoms with Crippen LogP contribution in [0.4, 0.5) is 10.5 Å². The van der Waals surface area contributed by atoms with Gasteiger partial charge in [0.15, 0.2) is 0 Å². The highest BCUT2D eigenvalue weighted by Gasteiger charge is 2.28. The van der Waals surface area contributed by atoms with Crippen LogP contribution in [0.25, 0.3) is 16.8 Å². The molecule has 4 aromatic rings. The fourth-order valence-electron chi connectivity index (χ4n) is 4.23. The maximum atomic E-state index is 12.9. The third-order valence-corrected chi connectivity index (χ3v) is 5.90. The van der Waals surface area contributed by atoms with Gasteiger partial charge in [-0.2, -0.15) is 0 Å². The molecule has 1 N–H and O–H groups in total. The zero-order valence-corrected chi connectivity index (χ0v) is 18.7. The van der Waals surface area contributed by atoms with E-state index in [1.54, 1.807) is 12.0 Å². The fourth-order valence-corrected chi connectivity index (χ4v) is 4.23. The van der Waals surface area contributed by atoms with E-state index in [-0.39, 0.29) is 12.1 Å². The molecule has 2 amide bonds. The van der Waals surface area contributed by atoms with Crippen molar-refractivity contribution >= 4 is 17.2 Å². The number of benzene rings is 2. The van der Waals surface area contributed by atoms with Gasteiger partial charge in [-0.1, -0.05) is 30.3 Å². The molecule has 1 saturated heterocycles. The Bertz CT molecular complexity index is 1300. The topological polar surface area (TPSA) is 68.1 Å². The Labute approximate surface area is 192 Å². The second kappa shape index (κ2) is 8.96. The number of pyridine rings is 1. The van der Waals surface area contributed by atoms with Gasteiger partial charge < -0.3 is 19.7 Å². The van der Waals surface area contributed by atoms with E-state index in [4.69, 9.17) is 9.47 Å². The molecule has 0 bridgehead atoms. The number of imidazole rings is 1. The van der Waals surface area contributed by atoms with E-state index in [1.165, 1.54) is 0 Å². The average Bonchev–Trinajstić information content (AvgIpc) is 3.28. The number of carbonyl (C=O) groups is 1. The van der Waals surface area contributed by atoms with Crippen molar-refractivity contribution in [1.29, 1.82) is 0 Å². The number of carbonyl (C=O) groups excluding carboxylic acids is 1. The van der Waals surface area contributed by atoms with Crippen LogP contribution in [0.2, 0.25) is 0 Å². The molecule has 3 heterocycles. The lowest BCUT2D eigenvalue weighted by molar-refractivity contribution is -0.0147. The first kappa shape index (κ1) is 21.0. The number of amides is 2. The first-order valence-corrected chi connectivity index (χ1v) is 11.0. The maximum absolute atomic E-state index is 12.9. The number of nitrogens with one attached hydrogen (secondary N) is 1. The molecule has 168 valence electrons. The Morgan fingerprint density at radius 1 is 1.12 bits per heavy atom. The van der Waals surface area contributed by atoms with Gasteiger partial charge in [-0.05, 0) is 48.9 Å². The summed E-state index contributed by atoms with van der Waals surface area (Å²) in [6, 6.07) is 21.7. The fraction of sp³-hybridized carbons (Fsp3) is 0.231. The average molecular weight is 443 g/mol. The summed E-state index contributed by atoms with van der Waals surface area (Å²) in [7, 11) is 1.66. The summed E-state index contributed by atoms with van der Waals surface area (Å²) >= 11 is 0. The van der Waals surface area contributed by atoms with E-state index in [2.05, 4.69) is 20.8 Å². The molecule has 1 atom stereocenters. The minimum Gasteiger partial charge on any atom is -0.497 e. The van der Waals surface area contributed by atoms with Crippen molar-refractivity contribution in [3.8, 4) is 17.0 Å². The summed E-state index contributed by atoms with van der Waals surface area (Å²) in [6.07, 6.45) is 1.52. The van der Waals surface area contributed by atoms with Crippen molar-refractivity contribution < 1.29 is 14.3 Å². The van der Waals surface area contributed by atoms with Crippen LogP contribution >= 0.6 is 0 Å². The smallest absolute Gasteiger partial charge is 0.322 e. The predicted molar refractivity (Wildman–Crippen MR) is 128 cm³/mol. The van der Waals surface area contributed by atoms with Gasteiger partial charge in [0.2, 0.25) is 0 Å². The van der Waals surface area contributed by atoms with Gasteiger partial charge in [-0.3, -0.25) is 4.40 Å². The van der Waals surface area contributed by atoms with Gasteiger partial charge in [-0.15, -0.1) is 0 Å². The number of anilines is 1. The SMILES string of the molecule is COc1cccc(-c2cccc3c([C@@H]4CN(C(=O)Nc5cccc(C)c5)CCO4)ncn23)c1. The number of urea groups is 1. The molecule has 0 spiro atoms. The highest BCUT2D eigenvalue weighted by Crippen LogP contribution is 2.30. The van der Waals surface area contributed by atoms with Gasteiger partial charge in [0, 0.05) is 17.8 Å². The molecule has 0 saturated carbocycles. The molecule has 7 heteroatoms. The van der Waals surface area contributed by atoms with Gasteiger partial charge in [0.25, 0.3) is 0 Å². The quantitative estimate of drug-likeness (QED) is 0.487. The molecule has 7 nitrogen and oxygen atoms in total. The zero-order valence-electron chi connectivity index (χ0n) is 18.7. The summed E-state index contributed by atoms with van der Waals surface area (Å²) in [5, 5.41) is 2.99. The van der Waals surface area contributed by atoms with Gasteiger partial charge in [-0.25, -0.2) is 9.78 Å². The number of methoxy groups -OCH3 is 1. The van der Waals surface area contributed by atoms with E-state index >= 15 is 0 Å². The number of aromatic nitrogens is 2. The van der Waals surface area contributed by atoms with Crippen LogP contribution in [-0.2, 0) is 4.74 Å². The first-order chi connectivity index (χ1) is 16.1. The number of rotatable bonds is 4. The maximum Gasteiger partial charge on any atom is 0.322 e. The minimum absolute atomic E-state index is 0.130. The molecule has 2 aromatic carbocycles. The molecule has 2 aromatic heterocycles. The van der Waals surface area contributed by atoms with Crippen LogP contribution in [0.3, 0.4) is 0 Å². The van der Waals surface area contributed by atoms with E-state index in [9.17, 15) is 4.79 Å². The lowest BCUT2D eigenvalue weighted by atomic mass is 10.1. The zero-order chi connectivity index (χ0) is 22.8. The second-order valence-electron chi connectivity index (χ2n) is 8.13. The molecular weight excluding hydrogens is 416 g/mol. The Balaban J connectivity index is 1.39. The van der Waals surface area contributed by atoms with Gasteiger partial charge in [0.05, 0.1) is 37.2 Å². The van der Waals surface area contributed by atoms with E-state index < -0.39 is 0 Å². The molecule has 33 heavy (non-hydrogen) atoms. The number of ether oxygens (including phenoxy) is 2. The number of fused-ring (bicyclic) bond motifs is 1. The van der Waals surface area contributed by atoms with Gasteiger partial charge in [0.1, 0.15) is 18.2 Å². The van der Waals surface area contributed by atoms with E-state index in [1.807, 2.05) is 73.9 Å². The summed E-state index contributed by atoms with van der Waals surface area (Å²) in [4.78, 5) is 19.3. The van der Waals surface area contributed by atoms with Crippen molar-refractivity contribution in [1.82, 2.24) is 14.3 Å². The molecular formula is C26H26N4O3. The summed E-state index contributed by atoms with van der Waals surface area (Å²) < 4.78 is 13.5. The van der Waals surface area contributed by atoms with Crippen LogP contribution in [0.15, 0.2) is 73.1 Å². The summed E-state index contributed by atoms with van der Waals surface area (Å²) in [5.74, 6) is 0.802. The number of aryl methyl sites for hydroxylation is 1. The van der Waals surface area contributed by atoms with E-state index in [0.29, 0.717) is 19.7 Å². The summed E-state index contributed by atoms with van der Waals surface area (Å²) in [5.41, 5.74) is 5.72. The highest BCUT2D eigenvalue weighted by molar-refractivity contribution is 5.89. The molecule has 0 aliphatic carbocycles. The molecule has 1 aliphatic rings. The van der Waals surface area contributed by atoms with E-state index in [0.717, 1.165) is 39.5 Å². The standard InChI is InChI=1S/C26H26N4O3/c1-18-6-3-8-20(14-18)28-26(31)29-12-13-33-24(16-29)25-23-11-5-10-22(30(23)17-27-25)19-7-4-9-21(15-19)32-2/h3-11,14-15,17,24H,12-13,16H2,1-2H3,(H,28,31)/t24-/m0/s1. The Kier molecular flexibility index (Phi) is 5.71. The van der Waals surface area contributed by atoms with Crippen LogP contribution < -0.4 is 10.1 Å². The monoisotopic (exact) mass is 442 g/mol. The van der Waals surface area contributed by atoms with Crippen molar-refractivity contribution in [3.05, 3.63) is 84.3 Å². The lowest BCUT2D eigenvalue weighted by Gasteiger charge is -2.32. The van der Waals surface area contributed by atoms with Crippen LogP contribution in [-0.4, -0.2) is 47.1 Å². The third-order valence-electron chi connectivity index (χ3n) is 5.90. The third kappa shape index (κ3) is 4.27. The molecule has 5 rings (SSSR count). The Hall–Kier alpha value is -3.84. The van der Waals surface area contributed by atoms with Crippen LogP contribution in [0.1, 0.15) is 17.4 Å². The van der Waals surface area contributed by atoms with Crippen molar-refractivity contribution in [2.24, 2.45) is 0 Å². The molecule has 1 aliphatic heterocycles. The lowest BCUT2D eigenvalue weighted by Crippen LogP contribution is -2.44. The minimum atomic E-state index is -0.299. The van der Waals surface area contributed by atoms with Crippen LogP contribution in [0, 0.1) is 6.92 Å². The van der Waals surface area contributed by atoms with Crippen molar-refractivity contribution in [2.75, 3.05) is 32.1 Å². The number of morpholine rings is 1. The number of hydrogen-bond donors (Lipinski definition) is 1. The Morgan fingerprint density at radius 3 is 2.82 bits per heavy atom. The summed E-state index contributed by atoms with van der Waals surface area (Å²) in [6.45, 7) is 3.44. The van der Waals surface area contributed by atoms with Crippen molar-refractivity contribution in [3.63, 3.8) is 0 Å². The largest absolute Gasteiger partial charge is 0.497 e. The van der Waals surface area contributed by atoms with Crippen molar-refractivity contribution in [2.45, 2.75) is 13.0 Å². The molecule has 0 unspecified atom stereocenters. The normalized spacial score (nSPS) is 16.1. The first-order valence-electron chi connectivity index (χ1n) is 11.0. The highest BCUT2D eigenvalue weighted by atomic mass is 16.5. The predicted octanol–water partition coefficient (Wildman–Crippen LogP) is 4.92. The van der Waals surface area contributed by atoms with Crippen LogP contribution in [0.5, 0.6) is 5.75 Å². The Morgan fingerprint density at radius 2 is 1.97 bits per heavy atom. The number of hydrogen-bond acceptors (Lipinski definition) is 4. The second-order valence-corrected chi connectivity index (χ2v) is 8.13. The molecule has 1 fully saturated rings. The molecule has 0 radical (unpaired) electrons. The number of nitrogens with zero attached hydrogens (tertiary/aromatic N) is 3. The van der Waals surface area contributed by atoms with Gasteiger partial charge >= 0.3 is 6.03 Å².